The summed E-state index contributed by atoms with van der Waals surface area (Å²) in [6.07, 6.45) is 6.16. The third kappa shape index (κ3) is 3.73. The Morgan fingerprint density at radius 1 is 1.29 bits per heavy atom. The Hall–Kier alpha value is -2.07. The highest BCUT2D eigenvalue weighted by molar-refractivity contribution is 5.50. The molecule has 2 aromatic rings. The zero-order valence-corrected chi connectivity index (χ0v) is 12.5. The molecule has 0 unspecified atom stereocenters. The summed E-state index contributed by atoms with van der Waals surface area (Å²) < 4.78 is 6.02. The molecule has 3 rings (SSSR count). The zero-order chi connectivity index (χ0) is 14.7. The highest BCUT2D eigenvalue weighted by atomic mass is 16.5. The van der Waals surface area contributed by atoms with Gasteiger partial charge in [-0.05, 0) is 31.0 Å². The van der Waals surface area contributed by atoms with Crippen LogP contribution < -0.4 is 15.0 Å². The maximum absolute atomic E-state index is 6.02. The second kappa shape index (κ2) is 6.14. The molecule has 1 heterocycles. The van der Waals surface area contributed by atoms with Crippen LogP contribution in [0.15, 0.2) is 42.7 Å². The van der Waals surface area contributed by atoms with Crippen LogP contribution in [-0.2, 0) is 6.54 Å². The summed E-state index contributed by atoms with van der Waals surface area (Å²) in [5, 5.41) is 3.51. The van der Waals surface area contributed by atoms with Gasteiger partial charge in [-0.2, -0.15) is 0 Å². The van der Waals surface area contributed by atoms with Gasteiger partial charge in [-0.1, -0.05) is 6.07 Å². The molecule has 1 fully saturated rings. The first-order valence-electron chi connectivity index (χ1n) is 7.34. The molecular weight excluding hydrogens is 262 g/mol. The van der Waals surface area contributed by atoms with Crippen molar-refractivity contribution in [3.05, 3.63) is 48.3 Å². The average Bonchev–Trinajstić information content (AvgIpc) is 3.31. The van der Waals surface area contributed by atoms with Crippen LogP contribution in [0.2, 0.25) is 0 Å². The van der Waals surface area contributed by atoms with E-state index in [4.69, 9.17) is 4.74 Å². The van der Waals surface area contributed by atoms with Crippen molar-refractivity contribution in [2.24, 2.45) is 0 Å². The number of nitrogens with zero attached hydrogens (tertiary/aromatic N) is 2. The second-order valence-corrected chi connectivity index (χ2v) is 5.63. The SMILES string of the molecule is CN(C)c1cccc(Oc2cnccc2CNC2CC2)c1. The number of benzene rings is 1. The van der Waals surface area contributed by atoms with Crippen molar-refractivity contribution < 1.29 is 4.74 Å². The van der Waals surface area contributed by atoms with Crippen LogP contribution in [0.25, 0.3) is 0 Å². The van der Waals surface area contributed by atoms with Crippen LogP contribution in [0.4, 0.5) is 5.69 Å². The van der Waals surface area contributed by atoms with Crippen LogP contribution >= 0.6 is 0 Å². The van der Waals surface area contributed by atoms with Gasteiger partial charge in [0.05, 0.1) is 6.20 Å². The van der Waals surface area contributed by atoms with Crippen molar-refractivity contribution in [3.63, 3.8) is 0 Å². The Bertz CT molecular complexity index is 608. The van der Waals surface area contributed by atoms with Gasteiger partial charge in [-0.15, -0.1) is 0 Å². The molecule has 4 heteroatoms. The first-order chi connectivity index (χ1) is 10.2. The molecule has 1 N–H and O–H groups in total. The maximum Gasteiger partial charge on any atom is 0.150 e. The van der Waals surface area contributed by atoms with Gasteiger partial charge >= 0.3 is 0 Å². The lowest BCUT2D eigenvalue weighted by atomic mass is 10.2. The fraction of sp³-hybridized carbons (Fsp3) is 0.353. The van der Waals surface area contributed by atoms with E-state index in [1.54, 1.807) is 6.20 Å². The topological polar surface area (TPSA) is 37.4 Å². The van der Waals surface area contributed by atoms with Crippen molar-refractivity contribution in [2.75, 3.05) is 19.0 Å². The van der Waals surface area contributed by atoms with Crippen molar-refractivity contribution >= 4 is 5.69 Å². The molecule has 1 aromatic carbocycles. The standard InChI is InChI=1S/C17H21N3O/c1-20(2)15-4-3-5-16(10-15)21-17-12-18-9-8-13(17)11-19-14-6-7-14/h3-5,8-10,12,14,19H,6-7,11H2,1-2H3. The van der Waals surface area contributed by atoms with Crippen LogP contribution in [0.1, 0.15) is 18.4 Å². The van der Waals surface area contributed by atoms with E-state index in [9.17, 15) is 0 Å². The molecule has 0 aliphatic heterocycles. The lowest BCUT2D eigenvalue weighted by Crippen LogP contribution is -2.15. The Labute approximate surface area is 125 Å². The first-order valence-corrected chi connectivity index (χ1v) is 7.34. The number of hydrogen-bond donors (Lipinski definition) is 1. The molecule has 1 saturated carbocycles. The van der Waals surface area contributed by atoms with Gasteiger partial charge in [0.15, 0.2) is 0 Å². The van der Waals surface area contributed by atoms with E-state index in [1.165, 1.54) is 12.8 Å². The summed E-state index contributed by atoms with van der Waals surface area (Å²) in [6, 6.07) is 10.8. The molecule has 1 aliphatic rings. The van der Waals surface area contributed by atoms with Gasteiger partial charge in [0.2, 0.25) is 0 Å². The van der Waals surface area contributed by atoms with E-state index in [0.29, 0.717) is 6.04 Å². The Kier molecular flexibility index (Phi) is 4.06. The van der Waals surface area contributed by atoms with Gasteiger partial charge in [0, 0.05) is 50.2 Å². The predicted molar refractivity (Wildman–Crippen MR) is 84.9 cm³/mol. The number of rotatable bonds is 6. The smallest absolute Gasteiger partial charge is 0.150 e. The van der Waals surface area contributed by atoms with E-state index in [2.05, 4.69) is 21.3 Å². The van der Waals surface area contributed by atoms with Crippen LogP contribution in [-0.4, -0.2) is 25.1 Å². The fourth-order valence-corrected chi connectivity index (χ4v) is 2.14. The number of aromatic nitrogens is 1. The molecule has 4 nitrogen and oxygen atoms in total. The van der Waals surface area contributed by atoms with Crippen molar-refractivity contribution in [1.29, 1.82) is 0 Å². The van der Waals surface area contributed by atoms with Gasteiger partial charge in [-0.3, -0.25) is 4.98 Å². The lowest BCUT2D eigenvalue weighted by Gasteiger charge is -2.15. The van der Waals surface area contributed by atoms with E-state index in [-0.39, 0.29) is 0 Å². The number of anilines is 1. The van der Waals surface area contributed by atoms with Gasteiger partial charge in [-0.25, -0.2) is 0 Å². The highest BCUT2D eigenvalue weighted by Crippen LogP contribution is 2.28. The lowest BCUT2D eigenvalue weighted by molar-refractivity contribution is 0.470. The number of nitrogens with one attached hydrogen (secondary N) is 1. The maximum atomic E-state index is 6.02. The Morgan fingerprint density at radius 3 is 2.90 bits per heavy atom. The largest absolute Gasteiger partial charge is 0.455 e. The zero-order valence-electron chi connectivity index (χ0n) is 12.5. The minimum Gasteiger partial charge on any atom is -0.455 e. The Balaban J connectivity index is 1.75. The van der Waals surface area contributed by atoms with Gasteiger partial charge in [0.1, 0.15) is 11.5 Å². The molecule has 0 bridgehead atoms. The molecule has 0 spiro atoms. The number of pyridine rings is 1. The molecule has 0 radical (unpaired) electrons. The quantitative estimate of drug-likeness (QED) is 0.883. The predicted octanol–water partition coefficient (Wildman–Crippen LogP) is 3.19. The summed E-state index contributed by atoms with van der Waals surface area (Å²) in [7, 11) is 4.04. The summed E-state index contributed by atoms with van der Waals surface area (Å²) in [6.45, 7) is 0.829. The van der Waals surface area contributed by atoms with Gasteiger partial charge < -0.3 is 15.0 Å². The van der Waals surface area contributed by atoms with Crippen molar-refractivity contribution in [3.8, 4) is 11.5 Å². The number of hydrogen-bond acceptors (Lipinski definition) is 4. The molecule has 0 atom stereocenters. The molecular formula is C17H21N3O. The third-order valence-electron chi connectivity index (χ3n) is 3.59. The monoisotopic (exact) mass is 283 g/mol. The molecule has 21 heavy (non-hydrogen) atoms. The van der Waals surface area contributed by atoms with Crippen molar-refractivity contribution in [2.45, 2.75) is 25.4 Å². The first kappa shape index (κ1) is 13.9. The van der Waals surface area contributed by atoms with Crippen LogP contribution in [0, 0.1) is 0 Å². The summed E-state index contributed by atoms with van der Waals surface area (Å²) in [5.74, 6) is 1.66. The molecule has 0 saturated heterocycles. The van der Waals surface area contributed by atoms with Crippen LogP contribution in [0.5, 0.6) is 11.5 Å². The molecule has 0 amide bonds. The van der Waals surface area contributed by atoms with Crippen LogP contribution in [0.3, 0.4) is 0 Å². The molecule has 1 aliphatic carbocycles. The van der Waals surface area contributed by atoms with E-state index < -0.39 is 0 Å². The Morgan fingerprint density at radius 2 is 2.14 bits per heavy atom. The molecule has 110 valence electrons. The fourth-order valence-electron chi connectivity index (χ4n) is 2.14. The molecule has 1 aromatic heterocycles. The summed E-state index contributed by atoms with van der Waals surface area (Å²) in [4.78, 5) is 6.24. The average molecular weight is 283 g/mol. The minimum absolute atomic E-state index is 0.683. The van der Waals surface area contributed by atoms with Crippen molar-refractivity contribution in [1.82, 2.24) is 10.3 Å². The highest BCUT2D eigenvalue weighted by Gasteiger charge is 2.20. The normalized spacial score (nSPS) is 14.0. The second-order valence-electron chi connectivity index (χ2n) is 5.63. The van der Waals surface area contributed by atoms with Gasteiger partial charge in [0.25, 0.3) is 0 Å². The van der Waals surface area contributed by atoms with E-state index in [0.717, 1.165) is 29.3 Å². The summed E-state index contributed by atoms with van der Waals surface area (Å²) in [5.41, 5.74) is 2.27. The minimum atomic E-state index is 0.683. The summed E-state index contributed by atoms with van der Waals surface area (Å²) >= 11 is 0. The van der Waals surface area contributed by atoms with E-state index >= 15 is 0 Å². The number of ether oxygens (including phenoxy) is 1. The third-order valence-corrected chi connectivity index (χ3v) is 3.59. The van der Waals surface area contributed by atoms with E-state index in [1.807, 2.05) is 44.6 Å².